The van der Waals surface area contributed by atoms with Crippen molar-refractivity contribution in [1.29, 1.82) is 0 Å². The summed E-state index contributed by atoms with van der Waals surface area (Å²) >= 11 is 0. The van der Waals surface area contributed by atoms with Gasteiger partial charge in [0.1, 0.15) is 0 Å². The summed E-state index contributed by atoms with van der Waals surface area (Å²) in [6.45, 7) is 9.87. The molecule has 0 aromatic heterocycles. The maximum Gasteiger partial charge on any atom is 0.265 e. The van der Waals surface area contributed by atoms with Gasteiger partial charge in [0.05, 0.1) is 0 Å². The van der Waals surface area contributed by atoms with Crippen LogP contribution in [0, 0.1) is 5.41 Å². The molecule has 2 rings (SSSR count). The van der Waals surface area contributed by atoms with Crippen molar-refractivity contribution in [3.05, 3.63) is 35.9 Å². The lowest BCUT2D eigenvalue weighted by atomic mass is 9.69. The number of carbonyl (C=O) groups excluding carboxylic acids is 1. The molecule has 1 heterocycles. The van der Waals surface area contributed by atoms with Crippen LogP contribution in [0.2, 0.25) is 0 Å². The molecule has 1 amide bonds. The molecule has 0 bridgehead atoms. The molecule has 0 radical (unpaired) electrons. The highest BCUT2D eigenvalue weighted by atomic mass is 16.2. The van der Waals surface area contributed by atoms with Gasteiger partial charge in [0.2, 0.25) is 0 Å². The molecule has 1 aromatic carbocycles. The molecule has 0 saturated carbocycles. The van der Waals surface area contributed by atoms with E-state index in [0.29, 0.717) is 5.56 Å². The number of nitrogens with one attached hydrogen (secondary N) is 1. The van der Waals surface area contributed by atoms with Gasteiger partial charge in [0, 0.05) is 17.6 Å². The fourth-order valence-electron chi connectivity index (χ4n) is 2.60. The van der Waals surface area contributed by atoms with Gasteiger partial charge in [-0.15, -0.1) is 0 Å². The summed E-state index contributed by atoms with van der Waals surface area (Å²) in [5, 5.41) is 2.10. The SMILES string of the molecule is CC1(C)CCCN(NC(=O)c2ccccc2)C1(C)C. The van der Waals surface area contributed by atoms with Crippen molar-refractivity contribution in [3.63, 3.8) is 0 Å². The first-order valence-electron chi connectivity index (χ1n) is 6.98. The Hall–Kier alpha value is -1.35. The van der Waals surface area contributed by atoms with E-state index in [1.807, 2.05) is 30.3 Å². The predicted octanol–water partition coefficient (Wildman–Crippen LogP) is 3.23. The summed E-state index contributed by atoms with van der Waals surface area (Å²) in [5.41, 5.74) is 3.93. The summed E-state index contributed by atoms with van der Waals surface area (Å²) in [6.07, 6.45) is 2.31. The van der Waals surface area contributed by atoms with Crippen LogP contribution in [-0.4, -0.2) is 23.0 Å². The number of benzene rings is 1. The third kappa shape index (κ3) is 2.66. The van der Waals surface area contributed by atoms with Gasteiger partial charge in [-0.3, -0.25) is 10.2 Å². The molecule has 1 aliphatic rings. The monoisotopic (exact) mass is 260 g/mol. The first-order chi connectivity index (χ1) is 8.84. The maximum absolute atomic E-state index is 12.3. The summed E-state index contributed by atoms with van der Waals surface area (Å²) in [7, 11) is 0. The second-order valence-corrected chi connectivity index (χ2v) is 6.51. The second kappa shape index (κ2) is 4.97. The molecule has 104 valence electrons. The minimum atomic E-state index is -0.0459. The quantitative estimate of drug-likeness (QED) is 0.885. The van der Waals surface area contributed by atoms with E-state index in [1.165, 1.54) is 6.42 Å². The zero-order valence-electron chi connectivity index (χ0n) is 12.4. The minimum absolute atomic E-state index is 0.0219. The largest absolute Gasteiger partial charge is 0.284 e. The molecular formula is C16H24N2O. The Bertz CT molecular complexity index is 451. The van der Waals surface area contributed by atoms with Crippen LogP contribution < -0.4 is 5.43 Å². The third-order valence-corrected chi connectivity index (χ3v) is 4.79. The standard InChI is InChI=1S/C16H24N2O/c1-15(2)11-8-12-18(16(15,3)4)17-14(19)13-9-6-5-7-10-13/h5-7,9-10H,8,11-12H2,1-4H3,(H,17,19). The zero-order valence-corrected chi connectivity index (χ0v) is 12.4. The van der Waals surface area contributed by atoms with Crippen LogP contribution in [0.5, 0.6) is 0 Å². The van der Waals surface area contributed by atoms with Gasteiger partial charge in [-0.05, 0) is 44.2 Å². The lowest BCUT2D eigenvalue weighted by Gasteiger charge is -2.53. The van der Waals surface area contributed by atoms with Gasteiger partial charge in [-0.1, -0.05) is 32.0 Å². The van der Waals surface area contributed by atoms with E-state index in [2.05, 4.69) is 38.1 Å². The van der Waals surface area contributed by atoms with E-state index in [9.17, 15) is 4.79 Å². The fourth-order valence-corrected chi connectivity index (χ4v) is 2.60. The molecule has 1 N–H and O–H groups in total. The van der Waals surface area contributed by atoms with Gasteiger partial charge in [-0.25, -0.2) is 5.01 Å². The number of amides is 1. The van der Waals surface area contributed by atoms with Crippen molar-refractivity contribution < 1.29 is 4.79 Å². The average molecular weight is 260 g/mol. The molecule has 0 atom stereocenters. The van der Waals surface area contributed by atoms with E-state index >= 15 is 0 Å². The molecule has 0 unspecified atom stereocenters. The Morgan fingerprint density at radius 1 is 1.16 bits per heavy atom. The molecule has 0 aliphatic carbocycles. The summed E-state index contributed by atoms with van der Waals surface area (Å²) in [4.78, 5) is 12.3. The molecule has 19 heavy (non-hydrogen) atoms. The lowest BCUT2D eigenvalue weighted by Crippen LogP contribution is -2.63. The van der Waals surface area contributed by atoms with Crippen LogP contribution in [0.4, 0.5) is 0 Å². The molecule has 3 nitrogen and oxygen atoms in total. The third-order valence-electron chi connectivity index (χ3n) is 4.79. The van der Waals surface area contributed by atoms with Gasteiger partial charge < -0.3 is 0 Å². The number of hydrogen-bond donors (Lipinski definition) is 1. The van der Waals surface area contributed by atoms with Crippen LogP contribution in [0.15, 0.2) is 30.3 Å². The predicted molar refractivity (Wildman–Crippen MR) is 77.7 cm³/mol. The number of hydrogen-bond acceptors (Lipinski definition) is 2. The Kier molecular flexibility index (Phi) is 3.68. The van der Waals surface area contributed by atoms with E-state index in [1.54, 1.807) is 0 Å². The number of rotatable bonds is 2. The van der Waals surface area contributed by atoms with Crippen molar-refractivity contribution in [2.24, 2.45) is 5.41 Å². The van der Waals surface area contributed by atoms with E-state index in [0.717, 1.165) is 13.0 Å². The molecule has 0 spiro atoms. The van der Waals surface area contributed by atoms with Crippen LogP contribution in [0.25, 0.3) is 0 Å². The van der Waals surface area contributed by atoms with E-state index in [-0.39, 0.29) is 16.9 Å². The van der Waals surface area contributed by atoms with Crippen molar-refractivity contribution in [3.8, 4) is 0 Å². The number of nitrogens with zero attached hydrogens (tertiary/aromatic N) is 1. The van der Waals surface area contributed by atoms with Crippen LogP contribution in [-0.2, 0) is 0 Å². The summed E-state index contributed by atoms with van der Waals surface area (Å²) in [5.74, 6) is -0.0219. The Morgan fingerprint density at radius 2 is 1.79 bits per heavy atom. The van der Waals surface area contributed by atoms with Gasteiger partial charge >= 0.3 is 0 Å². The van der Waals surface area contributed by atoms with Gasteiger partial charge in [0.25, 0.3) is 5.91 Å². The highest BCUT2D eigenvalue weighted by Crippen LogP contribution is 2.42. The van der Waals surface area contributed by atoms with Gasteiger partial charge in [0.15, 0.2) is 0 Å². The highest BCUT2D eigenvalue weighted by Gasteiger charge is 2.45. The lowest BCUT2D eigenvalue weighted by molar-refractivity contribution is -0.0572. The number of hydrazine groups is 1. The molecule has 1 aliphatic heterocycles. The Morgan fingerprint density at radius 3 is 2.42 bits per heavy atom. The van der Waals surface area contributed by atoms with Crippen LogP contribution in [0.3, 0.4) is 0 Å². The molecular weight excluding hydrogens is 236 g/mol. The molecule has 3 heteroatoms. The van der Waals surface area contributed by atoms with Crippen molar-refractivity contribution in [1.82, 2.24) is 10.4 Å². The summed E-state index contributed by atoms with van der Waals surface area (Å²) < 4.78 is 0. The van der Waals surface area contributed by atoms with Crippen LogP contribution in [0.1, 0.15) is 50.9 Å². The normalized spacial score (nSPS) is 21.9. The van der Waals surface area contributed by atoms with E-state index in [4.69, 9.17) is 0 Å². The molecule has 1 aromatic rings. The molecule has 1 saturated heterocycles. The van der Waals surface area contributed by atoms with E-state index < -0.39 is 0 Å². The van der Waals surface area contributed by atoms with Crippen molar-refractivity contribution in [2.75, 3.05) is 6.54 Å². The fraction of sp³-hybridized carbons (Fsp3) is 0.562. The first-order valence-corrected chi connectivity index (χ1v) is 6.98. The minimum Gasteiger partial charge on any atom is -0.284 e. The van der Waals surface area contributed by atoms with Crippen LogP contribution >= 0.6 is 0 Å². The molecule has 1 fully saturated rings. The number of piperidine rings is 1. The smallest absolute Gasteiger partial charge is 0.265 e. The van der Waals surface area contributed by atoms with Crippen molar-refractivity contribution in [2.45, 2.75) is 46.1 Å². The first kappa shape index (κ1) is 14.1. The second-order valence-electron chi connectivity index (χ2n) is 6.51. The Labute approximate surface area is 116 Å². The topological polar surface area (TPSA) is 32.3 Å². The number of carbonyl (C=O) groups is 1. The summed E-state index contributed by atoms with van der Waals surface area (Å²) in [6, 6.07) is 9.39. The average Bonchev–Trinajstić information content (AvgIpc) is 2.36. The highest BCUT2D eigenvalue weighted by molar-refractivity contribution is 5.93. The van der Waals surface area contributed by atoms with Crippen molar-refractivity contribution >= 4 is 5.91 Å². The zero-order chi connectivity index (χ0) is 14.1. The Balaban J connectivity index is 2.13. The maximum atomic E-state index is 12.3. The van der Waals surface area contributed by atoms with Gasteiger partial charge in [-0.2, -0.15) is 0 Å².